The average molecular weight is 707 g/mol. The molecule has 0 saturated carbocycles. The van der Waals surface area contributed by atoms with Gasteiger partial charge in [0.05, 0.1) is 5.69 Å². The number of nitrogens with zero attached hydrogens (tertiary/aromatic N) is 2. The Hall–Kier alpha value is -2.52. The molecule has 0 saturated heterocycles. The molecule has 224 valence electrons. The van der Waals surface area contributed by atoms with Gasteiger partial charge in [-0.3, -0.25) is 4.90 Å². The molecule has 3 heterocycles. The zero-order valence-corrected chi connectivity index (χ0v) is 30.1. The zero-order chi connectivity index (χ0) is 31.4. The molecule has 0 amide bonds. The van der Waals surface area contributed by atoms with E-state index in [9.17, 15) is 25.9 Å². The number of thiazole rings is 1. The van der Waals surface area contributed by atoms with Crippen molar-refractivity contribution in [3.05, 3.63) is 105 Å². The van der Waals surface area contributed by atoms with Crippen molar-refractivity contribution < 1.29 is 91.0 Å². The minimum Gasteiger partial charge on any atom is -0.743 e. The molecule has 6 rings (SSSR count). The van der Waals surface area contributed by atoms with Gasteiger partial charge in [0, 0.05) is 40.1 Å². The van der Waals surface area contributed by atoms with Crippen LogP contribution in [0.1, 0.15) is 18.4 Å². The first-order chi connectivity index (χ1) is 20.9. The number of ether oxygens (including phenoxy) is 1. The van der Waals surface area contributed by atoms with E-state index in [0.717, 1.165) is 10.3 Å². The topological polar surface area (TPSA) is 144 Å². The average Bonchev–Trinajstić information content (AvgIpc) is 3.59. The van der Waals surface area contributed by atoms with Gasteiger partial charge in [-0.05, 0) is 48.6 Å². The maximum absolute atomic E-state index is 12.4. The summed E-state index contributed by atoms with van der Waals surface area (Å²) in [6.45, 7) is 5.20. The van der Waals surface area contributed by atoms with Gasteiger partial charge in [0.15, 0.2) is 20.9 Å². The Morgan fingerprint density at radius 2 is 1.84 bits per heavy atom. The summed E-state index contributed by atoms with van der Waals surface area (Å²) in [7, 11) is -9.80. The summed E-state index contributed by atoms with van der Waals surface area (Å²) in [6.07, 6.45) is 3.53. The summed E-state index contributed by atoms with van der Waals surface area (Å²) < 4.78 is 86.8. The third kappa shape index (κ3) is 6.80. The van der Waals surface area contributed by atoms with E-state index in [1.165, 1.54) is 22.0 Å². The van der Waals surface area contributed by atoms with E-state index < -0.39 is 31.1 Å². The first-order valence-electron chi connectivity index (χ1n) is 12.9. The number of furan rings is 1. The summed E-state index contributed by atoms with van der Waals surface area (Å²) in [5.74, 6) is -0.629. The second-order valence-electron chi connectivity index (χ2n) is 9.64. The van der Waals surface area contributed by atoms with Crippen LogP contribution in [-0.4, -0.2) is 25.9 Å². The summed E-state index contributed by atoms with van der Waals surface area (Å²) in [5, 5.41) is 1.51. The normalized spacial score (nSPS) is 14.4. The largest absolute Gasteiger partial charge is 1.00 e. The number of hydrogen-bond donors (Lipinski definition) is 0. The van der Waals surface area contributed by atoms with Crippen molar-refractivity contribution in [1.29, 1.82) is 0 Å². The summed E-state index contributed by atoms with van der Waals surface area (Å²) in [4.78, 5) is 1.09. The maximum Gasteiger partial charge on any atom is 1.00 e. The standard InChI is InChI=1S/C30H21ClN2O8S3.K/c1-3-7-30(44(37,38)39)33-22-16-25-21(20-8-5-6-9-24(20)40-25)15-26(22)41-28(33)12-18(4-2)13-29-32(17-43(34,35)36)23-14-19(31)10-11-27(23)42-29;/h5-6,8-16H,1,4,17H2,2H3,(H-,34,35,36,37,38,39);/q;+1/p-1. The van der Waals surface area contributed by atoms with Gasteiger partial charge < -0.3 is 18.3 Å². The van der Waals surface area contributed by atoms with Crippen LogP contribution in [0.4, 0.5) is 5.69 Å². The van der Waals surface area contributed by atoms with E-state index in [4.69, 9.17) is 20.8 Å². The van der Waals surface area contributed by atoms with Crippen LogP contribution < -0.4 is 65.6 Å². The molecule has 0 aliphatic carbocycles. The predicted octanol–water partition coefficient (Wildman–Crippen LogP) is 3.11. The molecular weight excluding hydrogens is 687 g/mol. The number of rotatable bonds is 7. The number of hydrogen-bond acceptors (Lipinski definition) is 10. The Morgan fingerprint density at radius 3 is 2.53 bits per heavy atom. The Kier molecular flexibility index (Phi) is 9.72. The molecule has 0 N–H and O–H groups in total. The van der Waals surface area contributed by atoms with Crippen LogP contribution >= 0.6 is 22.9 Å². The van der Waals surface area contributed by atoms with Gasteiger partial charge >= 0.3 is 51.4 Å². The number of benzene rings is 3. The van der Waals surface area contributed by atoms with Gasteiger partial charge in [0.25, 0.3) is 5.01 Å². The molecule has 1 aliphatic rings. The van der Waals surface area contributed by atoms with Gasteiger partial charge in [-0.2, -0.15) is 4.57 Å². The zero-order valence-electron chi connectivity index (χ0n) is 23.7. The predicted molar refractivity (Wildman–Crippen MR) is 166 cm³/mol. The van der Waals surface area contributed by atoms with Gasteiger partial charge in [-0.25, -0.2) is 16.8 Å². The smallest absolute Gasteiger partial charge is 0.743 e. The molecule has 1 aliphatic heterocycles. The number of anilines is 1. The number of para-hydroxylation sites is 1. The van der Waals surface area contributed by atoms with Crippen molar-refractivity contribution in [1.82, 2.24) is 0 Å². The van der Waals surface area contributed by atoms with Crippen LogP contribution in [0.15, 0.2) is 99.6 Å². The molecule has 0 spiro atoms. The number of halogens is 1. The van der Waals surface area contributed by atoms with Gasteiger partial charge in [0.1, 0.15) is 26.0 Å². The summed E-state index contributed by atoms with van der Waals surface area (Å²) in [5.41, 5.74) is 6.80. The van der Waals surface area contributed by atoms with Crippen LogP contribution in [-0.2, 0) is 26.1 Å². The summed E-state index contributed by atoms with van der Waals surface area (Å²) in [6, 6.07) is 15.5. The second kappa shape index (κ2) is 12.9. The molecule has 0 bridgehead atoms. The molecular formula is C30H20ClKN2O8S3. The maximum atomic E-state index is 12.4. The quantitative estimate of drug-likeness (QED) is 0.108. The SMILES string of the molecule is C=C=C=C(N1C(=CC(=Cc2sc3ccc(Cl)cc3[n+]2CS(=O)(=O)[O-])CC)Oc2cc3c(cc21)oc1ccccc13)S(=O)(=O)[O-].[K+]. The third-order valence-corrected chi connectivity index (χ3v) is 9.46. The molecule has 10 nitrogen and oxygen atoms in total. The first kappa shape index (κ1) is 33.8. The second-order valence-corrected chi connectivity index (χ2v) is 13.8. The van der Waals surface area contributed by atoms with Crippen molar-refractivity contribution >= 4 is 87.1 Å². The van der Waals surface area contributed by atoms with Crippen molar-refractivity contribution in [2.24, 2.45) is 0 Å². The van der Waals surface area contributed by atoms with Crippen LogP contribution in [0.5, 0.6) is 5.75 Å². The molecule has 0 fully saturated rings. The van der Waals surface area contributed by atoms with Gasteiger partial charge in [-0.1, -0.05) is 53.8 Å². The molecule has 45 heavy (non-hydrogen) atoms. The van der Waals surface area contributed by atoms with E-state index in [-0.39, 0.29) is 68.7 Å². The van der Waals surface area contributed by atoms with E-state index in [1.807, 2.05) is 25.1 Å². The molecule has 0 unspecified atom stereocenters. The number of aromatic nitrogens is 1. The Balaban J connectivity index is 0.00000400. The number of allylic oxidation sites excluding steroid dienone is 2. The van der Waals surface area contributed by atoms with Crippen LogP contribution in [0.25, 0.3) is 38.2 Å². The van der Waals surface area contributed by atoms with E-state index >= 15 is 0 Å². The minimum atomic E-state index is -5.12. The monoisotopic (exact) mass is 706 g/mol. The van der Waals surface area contributed by atoms with E-state index in [2.05, 4.69) is 18.0 Å². The Bertz CT molecular complexity index is 2400. The minimum absolute atomic E-state index is 0. The van der Waals surface area contributed by atoms with Gasteiger partial charge in [0.2, 0.25) is 17.3 Å². The fraction of sp³-hybridized carbons (Fsp3) is 0.100. The molecule has 5 aromatic rings. The van der Waals surface area contributed by atoms with E-state index in [1.54, 1.807) is 42.5 Å². The molecule has 3 aromatic carbocycles. The van der Waals surface area contributed by atoms with E-state index in [0.29, 0.717) is 48.8 Å². The van der Waals surface area contributed by atoms with Crippen molar-refractivity contribution in [2.75, 3.05) is 4.90 Å². The van der Waals surface area contributed by atoms with Crippen molar-refractivity contribution in [3.63, 3.8) is 0 Å². The Morgan fingerprint density at radius 1 is 1.09 bits per heavy atom. The first-order valence-corrected chi connectivity index (χ1v) is 17.1. The Labute approximate surface area is 309 Å². The van der Waals surface area contributed by atoms with Crippen molar-refractivity contribution in [3.8, 4) is 5.75 Å². The summed E-state index contributed by atoms with van der Waals surface area (Å²) >= 11 is 7.38. The third-order valence-electron chi connectivity index (χ3n) is 6.77. The molecule has 2 aromatic heterocycles. The van der Waals surface area contributed by atoms with Crippen LogP contribution in [0.3, 0.4) is 0 Å². The molecule has 15 heteroatoms. The van der Waals surface area contributed by atoms with Gasteiger partial charge in [-0.15, -0.1) is 0 Å². The molecule has 0 atom stereocenters. The van der Waals surface area contributed by atoms with Crippen molar-refractivity contribution in [2.45, 2.75) is 19.2 Å². The fourth-order valence-electron chi connectivity index (χ4n) is 4.92. The number of fused-ring (bicyclic) bond motifs is 5. The van der Waals surface area contributed by atoms with Crippen LogP contribution in [0.2, 0.25) is 5.02 Å². The van der Waals surface area contributed by atoms with Crippen LogP contribution in [0, 0.1) is 0 Å². The fourth-order valence-corrected chi connectivity index (χ4v) is 7.49. The molecule has 0 radical (unpaired) electrons.